The van der Waals surface area contributed by atoms with E-state index in [1.54, 1.807) is 0 Å². The van der Waals surface area contributed by atoms with Crippen molar-refractivity contribution in [2.45, 2.75) is 91.4 Å². The van der Waals surface area contributed by atoms with Crippen LogP contribution in [-0.4, -0.2) is 25.5 Å². The average molecular weight is 435 g/mol. The standard InChI is InChI=1S/C25H39ClN2O.CH4/c1-2-3-4-15-27-16-7-10-20-11-12-23(26)22(17-20)24(29)28-19-25-13-5-8-21(18-25)9-6-14-25;/h11-12,17,21,27H,2-10,13-16,18-19H2,1H3,(H,28,29);1H4. The number of fused-ring (bicyclic) bond motifs is 2. The molecule has 0 spiro atoms. The summed E-state index contributed by atoms with van der Waals surface area (Å²) in [7, 11) is 0. The van der Waals surface area contributed by atoms with Crippen molar-refractivity contribution in [2.75, 3.05) is 19.6 Å². The van der Waals surface area contributed by atoms with Gasteiger partial charge in [-0.3, -0.25) is 4.79 Å². The smallest absolute Gasteiger partial charge is 0.252 e. The van der Waals surface area contributed by atoms with Gasteiger partial charge in [0.15, 0.2) is 0 Å². The Hall–Kier alpha value is -1.06. The van der Waals surface area contributed by atoms with Crippen LogP contribution in [0.5, 0.6) is 0 Å². The maximum atomic E-state index is 12.9. The molecule has 0 unspecified atom stereocenters. The minimum absolute atomic E-state index is 0. The number of benzene rings is 1. The van der Waals surface area contributed by atoms with E-state index in [4.69, 9.17) is 11.6 Å². The number of aryl methyl sites for hydroxylation is 1. The predicted octanol–water partition coefficient (Wildman–Crippen LogP) is 6.78. The molecule has 1 amide bonds. The summed E-state index contributed by atoms with van der Waals surface area (Å²) >= 11 is 6.37. The first kappa shape index (κ1) is 25.2. The fraction of sp³-hybridized carbons (Fsp3) is 0.731. The second-order valence-corrected chi connectivity index (χ2v) is 9.82. The summed E-state index contributed by atoms with van der Waals surface area (Å²) in [5.74, 6) is 0.883. The van der Waals surface area contributed by atoms with E-state index in [1.807, 2.05) is 12.1 Å². The molecule has 0 atom stereocenters. The van der Waals surface area contributed by atoms with E-state index in [1.165, 1.54) is 69.8 Å². The van der Waals surface area contributed by atoms with Crippen molar-refractivity contribution in [1.82, 2.24) is 10.6 Å². The minimum Gasteiger partial charge on any atom is -0.351 e. The van der Waals surface area contributed by atoms with Crippen LogP contribution in [0, 0.1) is 11.3 Å². The third-order valence-corrected chi connectivity index (χ3v) is 7.37. The van der Waals surface area contributed by atoms with Gasteiger partial charge in [0.2, 0.25) is 0 Å². The molecular formula is C26H43ClN2O. The maximum Gasteiger partial charge on any atom is 0.252 e. The van der Waals surface area contributed by atoms with Gasteiger partial charge in [0.1, 0.15) is 0 Å². The van der Waals surface area contributed by atoms with Crippen LogP contribution in [0.25, 0.3) is 0 Å². The van der Waals surface area contributed by atoms with E-state index in [-0.39, 0.29) is 13.3 Å². The summed E-state index contributed by atoms with van der Waals surface area (Å²) in [6.45, 7) is 5.17. The van der Waals surface area contributed by atoms with E-state index in [2.05, 4.69) is 23.6 Å². The number of hydrogen-bond acceptors (Lipinski definition) is 2. The number of halogens is 1. The number of carbonyl (C=O) groups is 1. The molecule has 2 saturated carbocycles. The second-order valence-electron chi connectivity index (χ2n) is 9.41. The molecule has 170 valence electrons. The second kappa shape index (κ2) is 12.7. The van der Waals surface area contributed by atoms with Crippen LogP contribution in [0.1, 0.15) is 101 Å². The molecule has 0 radical (unpaired) electrons. The first-order chi connectivity index (χ1) is 14.1. The number of unbranched alkanes of at least 4 members (excludes halogenated alkanes) is 2. The van der Waals surface area contributed by atoms with Crippen LogP contribution < -0.4 is 10.6 Å². The van der Waals surface area contributed by atoms with Crippen molar-refractivity contribution in [3.63, 3.8) is 0 Å². The molecule has 2 aliphatic carbocycles. The summed E-state index contributed by atoms with van der Waals surface area (Å²) < 4.78 is 0. The molecule has 30 heavy (non-hydrogen) atoms. The van der Waals surface area contributed by atoms with Crippen LogP contribution >= 0.6 is 11.6 Å². The molecule has 0 aromatic heterocycles. The zero-order valence-electron chi connectivity index (χ0n) is 18.2. The molecule has 0 aliphatic heterocycles. The van der Waals surface area contributed by atoms with Gasteiger partial charge in [-0.15, -0.1) is 0 Å². The molecule has 1 aromatic rings. The lowest BCUT2D eigenvalue weighted by Crippen LogP contribution is -2.43. The van der Waals surface area contributed by atoms with Crippen LogP contribution in [0.4, 0.5) is 0 Å². The van der Waals surface area contributed by atoms with E-state index in [0.717, 1.165) is 38.4 Å². The normalized spacial score (nSPS) is 22.9. The highest BCUT2D eigenvalue weighted by Gasteiger charge is 2.39. The molecular weight excluding hydrogens is 392 g/mol. The van der Waals surface area contributed by atoms with Crippen LogP contribution in [0.2, 0.25) is 5.02 Å². The van der Waals surface area contributed by atoms with E-state index in [9.17, 15) is 4.79 Å². The van der Waals surface area contributed by atoms with Gasteiger partial charge in [-0.05, 0) is 80.6 Å². The quantitative estimate of drug-likeness (QED) is 0.377. The van der Waals surface area contributed by atoms with Gasteiger partial charge in [0.05, 0.1) is 10.6 Å². The van der Waals surface area contributed by atoms with Crippen LogP contribution in [0.15, 0.2) is 18.2 Å². The summed E-state index contributed by atoms with van der Waals surface area (Å²) in [4.78, 5) is 12.9. The van der Waals surface area contributed by atoms with Gasteiger partial charge in [-0.25, -0.2) is 0 Å². The van der Waals surface area contributed by atoms with Gasteiger partial charge < -0.3 is 10.6 Å². The first-order valence-electron chi connectivity index (χ1n) is 11.9. The summed E-state index contributed by atoms with van der Waals surface area (Å²) in [5, 5.41) is 7.31. The third kappa shape index (κ3) is 7.27. The third-order valence-electron chi connectivity index (χ3n) is 7.04. The van der Waals surface area contributed by atoms with E-state index >= 15 is 0 Å². The number of nitrogens with one attached hydrogen (secondary N) is 2. The molecule has 1 aromatic carbocycles. The highest BCUT2D eigenvalue weighted by atomic mass is 35.5. The SMILES string of the molecule is C.CCCCCNCCCc1ccc(Cl)c(C(=O)NCC23CCCC(CCC2)C3)c1. The lowest BCUT2D eigenvalue weighted by Gasteiger charge is -2.45. The highest BCUT2D eigenvalue weighted by molar-refractivity contribution is 6.33. The van der Waals surface area contributed by atoms with Crippen LogP contribution in [-0.2, 0) is 6.42 Å². The number of rotatable bonds is 11. The van der Waals surface area contributed by atoms with Gasteiger partial charge in [0.25, 0.3) is 5.91 Å². The van der Waals surface area contributed by atoms with Gasteiger partial charge in [-0.2, -0.15) is 0 Å². The van der Waals surface area contributed by atoms with Crippen molar-refractivity contribution >= 4 is 17.5 Å². The highest BCUT2D eigenvalue weighted by Crippen LogP contribution is 2.48. The largest absolute Gasteiger partial charge is 0.351 e. The molecule has 2 N–H and O–H groups in total. The molecule has 0 saturated heterocycles. The van der Waals surface area contributed by atoms with Crippen molar-refractivity contribution in [3.8, 4) is 0 Å². The van der Waals surface area contributed by atoms with Gasteiger partial charge in [0, 0.05) is 6.54 Å². The molecule has 2 aliphatic rings. The van der Waals surface area contributed by atoms with Gasteiger partial charge in [-0.1, -0.05) is 70.5 Å². The first-order valence-corrected chi connectivity index (χ1v) is 12.3. The molecule has 3 nitrogen and oxygen atoms in total. The van der Waals surface area contributed by atoms with E-state index in [0.29, 0.717) is 16.0 Å². The Morgan fingerprint density at radius 3 is 2.60 bits per heavy atom. The summed E-state index contributed by atoms with van der Waals surface area (Å²) in [5.41, 5.74) is 2.17. The zero-order valence-corrected chi connectivity index (χ0v) is 19.0. The molecule has 4 heteroatoms. The Morgan fingerprint density at radius 1 is 1.13 bits per heavy atom. The fourth-order valence-corrected chi connectivity index (χ4v) is 5.58. The van der Waals surface area contributed by atoms with Crippen LogP contribution in [0.3, 0.4) is 0 Å². The number of carbonyl (C=O) groups excluding carboxylic acids is 1. The van der Waals surface area contributed by atoms with Crippen molar-refractivity contribution in [3.05, 3.63) is 34.3 Å². The predicted molar refractivity (Wildman–Crippen MR) is 129 cm³/mol. The number of amides is 1. The molecule has 2 bridgehead atoms. The Bertz CT molecular complexity index is 650. The Balaban J connectivity index is 0.00000320. The van der Waals surface area contributed by atoms with Crippen molar-refractivity contribution in [1.29, 1.82) is 0 Å². The Labute approximate surface area is 189 Å². The molecule has 2 fully saturated rings. The lowest BCUT2D eigenvalue weighted by atomic mass is 9.62. The lowest BCUT2D eigenvalue weighted by molar-refractivity contribution is 0.0682. The Morgan fingerprint density at radius 2 is 1.87 bits per heavy atom. The Kier molecular flexibility index (Phi) is 10.7. The minimum atomic E-state index is -0.00314. The fourth-order valence-electron chi connectivity index (χ4n) is 5.38. The van der Waals surface area contributed by atoms with Crippen molar-refractivity contribution < 1.29 is 4.79 Å². The van der Waals surface area contributed by atoms with E-state index < -0.39 is 0 Å². The zero-order chi connectivity index (χ0) is 20.5. The van der Waals surface area contributed by atoms with Gasteiger partial charge >= 0.3 is 0 Å². The van der Waals surface area contributed by atoms with Crippen molar-refractivity contribution in [2.24, 2.45) is 11.3 Å². The molecule has 3 rings (SSSR count). The molecule has 0 heterocycles. The topological polar surface area (TPSA) is 41.1 Å². The summed E-state index contributed by atoms with van der Waals surface area (Å²) in [6.07, 6.45) is 15.1. The monoisotopic (exact) mass is 434 g/mol. The summed E-state index contributed by atoms with van der Waals surface area (Å²) in [6, 6.07) is 5.94. The number of hydrogen-bond donors (Lipinski definition) is 2. The maximum absolute atomic E-state index is 12.9. The average Bonchev–Trinajstić information content (AvgIpc) is 2.72.